The number of aliphatic hydroxyl groups excluding tert-OH is 2. The lowest BCUT2D eigenvalue weighted by molar-refractivity contribution is -0.143. The summed E-state index contributed by atoms with van der Waals surface area (Å²) in [5.74, 6) is -0.0594. The van der Waals surface area contributed by atoms with Gasteiger partial charge in [0.05, 0.1) is 25.4 Å². The Kier molecular flexibility index (Phi) is 52.6. The number of esters is 1. The molecule has 0 spiro atoms. The topological polar surface area (TPSA) is 95.9 Å². The molecule has 1 amide bonds. The molecule has 0 aliphatic rings. The molecular formula is C58H111NO5. The standard InChI is InChI=1S/C58H111NO5/c1-3-5-7-9-11-13-15-17-19-21-22-26-30-34-38-42-46-50-56(61)55(54-60)59-57(62)51-47-43-39-35-31-27-24-25-29-33-37-41-45-49-53-64-58(63)52-48-44-40-36-32-28-23-20-18-16-14-12-10-8-6-4-2/h14,16,20,23,55-56,60-61H,3-13,15,17-19,21-22,24-54H2,1-2H3,(H,59,62)/b16-14-,23-20-. The number of ether oxygens (including phenoxy) is 1. The van der Waals surface area contributed by atoms with Gasteiger partial charge in [-0.3, -0.25) is 9.59 Å². The van der Waals surface area contributed by atoms with E-state index < -0.39 is 12.1 Å². The molecule has 3 N–H and O–H groups in total. The van der Waals surface area contributed by atoms with Crippen LogP contribution in [0.4, 0.5) is 0 Å². The molecule has 378 valence electrons. The van der Waals surface area contributed by atoms with E-state index in [9.17, 15) is 19.8 Å². The molecule has 64 heavy (non-hydrogen) atoms. The molecule has 0 rings (SSSR count). The molecule has 6 heteroatoms. The van der Waals surface area contributed by atoms with E-state index in [2.05, 4.69) is 43.5 Å². The zero-order chi connectivity index (χ0) is 46.5. The number of amides is 1. The van der Waals surface area contributed by atoms with Crippen LogP contribution in [0.25, 0.3) is 0 Å². The first-order valence-corrected chi connectivity index (χ1v) is 28.6. The minimum absolute atomic E-state index is 0.0151. The van der Waals surface area contributed by atoms with Crippen LogP contribution in [-0.4, -0.2) is 47.4 Å². The van der Waals surface area contributed by atoms with Crippen molar-refractivity contribution in [3.05, 3.63) is 24.3 Å². The van der Waals surface area contributed by atoms with Gasteiger partial charge < -0.3 is 20.3 Å². The second kappa shape index (κ2) is 54.0. The fourth-order valence-corrected chi connectivity index (χ4v) is 8.85. The molecule has 0 aromatic rings. The molecule has 0 aliphatic heterocycles. The van der Waals surface area contributed by atoms with Gasteiger partial charge in [0.1, 0.15) is 0 Å². The first kappa shape index (κ1) is 62.3. The van der Waals surface area contributed by atoms with Gasteiger partial charge in [-0.2, -0.15) is 0 Å². The number of hydrogen-bond acceptors (Lipinski definition) is 5. The van der Waals surface area contributed by atoms with Crippen LogP contribution in [0.15, 0.2) is 24.3 Å². The van der Waals surface area contributed by atoms with E-state index in [1.165, 1.54) is 218 Å². The second-order valence-electron chi connectivity index (χ2n) is 19.6. The number of unbranched alkanes of at least 4 members (excludes halogenated alkanes) is 38. The van der Waals surface area contributed by atoms with Crippen molar-refractivity contribution >= 4 is 11.9 Å². The Bertz CT molecular complexity index is 997. The summed E-state index contributed by atoms with van der Waals surface area (Å²) in [5, 5.41) is 23.3. The SMILES string of the molecule is CCCCCC/C=C\C/C=C\CCCCCCCC(=O)OCCCCCCCCCCCCCCCCC(=O)NC(CO)C(O)CCCCCCCCCCCCCCCCCCC. The van der Waals surface area contributed by atoms with Crippen molar-refractivity contribution in [3.63, 3.8) is 0 Å². The predicted octanol–water partition coefficient (Wildman–Crippen LogP) is 17.5. The van der Waals surface area contributed by atoms with Crippen LogP contribution in [0.5, 0.6) is 0 Å². The van der Waals surface area contributed by atoms with Crippen LogP contribution in [0.2, 0.25) is 0 Å². The molecule has 2 atom stereocenters. The number of nitrogens with one attached hydrogen (secondary N) is 1. The van der Waals surface area contributed by atoms with Crippen LogP contribution >= 0.6 is 0 Å². The molecule has 0 aromatic carbocycles. The summed E-state index contributed by atoms with van der Waals surface area (Å²) in [6, 6.07) is -0.550. The lowest BCUT2D eigenvalue weighted by Gasteiger charge is -2.22. The van der Waals surface area contributed by atoms with Crippen molar-refractivity contribution in [2.75, 3.05) is 13.2 Å². The van der Waals surface area contributed by atoms with E-state index in [1.807, 2.05) is 0 Å². The smallest absolute Gasteiger partial charge is 0.305 e. The number of carbonyl (C=O) groups is 2. The van der Waals surface area contributed by atoms with E-state index in [4.69, 9.17) is 4.74 Å². The number of rotatable bonds is 53. The highest BCUT2D eigenvalue weighted by Gasteiger charge is 2.20. The first-order chi connectivity index (χ1) is 31.5. The number of allylic oxidation sites excluding steroid dienone is 4. The highest BCUT2D eigenvalue weighted by molar-refractivity contribution is 5.76. The zero-order valence-electron chi connectivity index (χ0n) is 43.0. The summed E-state index contributed by atoms with van der Waals surface area (Å²) in [7, 11) is 0. The minimum Gasteiger partial charge on any atom is -0.466 e. The maximum absolute atomic E-state index is 12.5. The summed E-state index contributed by atoms with van der Waals surface area (Å²) >= 11 is 0. The minimum atomic E-state index is -0.672. The Balaban J connectivity index is 3.45. The average Bonchev–Trinajstić information content (AvgIpc) is 3.29. The van der Waals surface area contributed by atoms with Gasteiger partial charge in [0, 0.05) is 12.8 Å². The Morgan fingerprint density at radius 2 is 0.781 bits per heavy atom. The lowest BCUT2D eigenvalue weighted by atomic mass is 10.0. The van der Waals surface area contributed by atoms with Gasteiger partial charge in [0.25, 0.3) is 0 Å². The molecule has 0 bridgehead atoms. The third kappa shape index (κ3) is 49.8. The summed E-state index contributed by atoms with van der Waals surface area (Å²) in [5.41, 5.74) is 0. The quantitative estimate of drug-likeness (QED) is 0.0321. The van der Waals surface area contributed by atoms with Gasteiger partial charge in [0.2, 0.25) is 5.91 Å². The molecule has 6 nitrogen and oxygen atoms in total. The summed E-state index contributed by atoms with van der Waals surface area (Å²) in [6.45, 7) is 4.92. The highest BCUT2D eigenvalue weighted by Crippen LogP contribution is 2.17. The highest BCUT2D eigenvalue weighted by atomic mass is 16.5. The van der Waals surface area contributed by atoms with E-state index in [0.29, 0.717) is 25.9 Å². The van der Waals surface area contributed by atoms with Gasteiger partial charge >= 0.3 is 5.97 Å². The number of aliphatic hydroxyl groups is 2. The van der Waals surface area contributed by atoms with Crippen molar-refractivity contribution in [1.29, 1.82) is 0 Å². The predicted molar refractivity (Wildman–Crippen MR) is 278 cm³/mol. The van der Waals surface area contributed by atoms with Crippen LogP contribution < -0.4 is 5.32 Å². The van der Waals surface area contributed by atoms with E-state index in [1.54, 1.807) is 0 Å². The Morgan fingerprint density at radius 3 is 1.20 bits per heavy atom. The molecule has 0 saturated carbocycles. The third-order valence-electron chi connectivity index (χ3n) is 13.3. The normalized spacial score (nSPS) is 12.8. The average molecular weight is 903 g/mol. The fourth-order valence-electron chi connectivity index (χ4n) is 8.85. The van der Waals surface area contributed by atoms with Crippen LogP contribution in [0.3, 0.4) is 0 Å². The summed E-state index contributed by atoms with van der Waals surface area (Å²) < 4.78 is 5.47. The van der Waals surface area contributed by atoms with Crippen LogP contribution in [-0.2, 0) is 14.3 Å². The first-order valence-electron chi connectivity index (χ1n) is 28.6. The monoisotopic (exact) mass is 902 g/mol. The van der Waals surface area contributed by atoms with Crippen molar-refractivity contribution in [2.24, 2.45) is 0 Å². The molecule has 0 saturated heterocycles. The third-order valence-corrected chi connectivity index (χ3v) is 13.3. The molecule has 0 fully saturated rings. The van der Waals surface area contributed by atoms with Crippen LogP contribution in [0.1, 0.15) is 309 Å². The van der Waals surface area contributed by atoms with Gasteiger partial charge in [-0.15, -0.1) is 0 Å². The Hall–Kier alpha value is -1.66. The summed E-state index contributed by atoms with van der Waals surface area (Å²) in [4.78, 5) is 24.5. The van der Waals surface area contributed by atoms with E-state index in [-0.39, 0.29) is 18.5 Å². The largest absolute Gasteiger partial charge is 0.466 e. The van der Waals surface area contributed by atoms with Crippen molar-refractivity contribution < 1.29 is 24.5 Å². The Labute approximate surface area is 399 Å². The fraction of sp³-hybridized carbons (Fsp3) is 0.897. The second-order valence-corrected chi connectivity index (χ2v) is 19.6. The molecule has 2 unspecified atom stereocenters. The van der Waals surface area contributed by atoms with E-state index in [0.717, 1.165) is 57.8 Å². The maximum Gasteiger partial charge on any atom is 0.305 e. The Morgan fingerprint density at radius 1 is 0.438 bits per heavy atom. The lowest BCUT2D eigenvalue weighted by Crippen LogP contribution is -2.45. The van der Waals surface area contributed by atoms with Crippen molar-refractivity contribution in [1.82, 2.24) is 5.32 Å². The van der Waals surface area contributed by atoms with Gasteiger partial charge in [-0.25, -0.2) is 0 Å². The zero-order valence-corrected chi connectivity index (χ0v) is 43.0. The number of carbonyl (C=O) groups excluding carboxylic acids is 2. The van der Waals surface area contributed by atoms with Gasteiger partial charge in [-0.1, -0.05) is 263 Å². The van der Waals surface area contributed by atoms with E-state index >= 15 is 0 Å². The van der Waals surface area contributed by atoms with Crippen molar-refractivity contribution in [2.45, 2.75) is 321 Å². The number of hydrogen-bond donors (Lipinski definition) is 3. The van der Waals surface area contributed by atoms with Gasteiger partial charge in [0.15, 0.2) is 0 Å². The molecule has 0 aromatic heterocycles. The molecule has 0 heterocycles. The molecular weight excluding hydrogens is 791 g/mol. The molecule has 0 radical (unpaired) electrons. The maximum atomic E-state index is 12.5. The van der Waals surface area contributed by atoms with Crippen LogP contribution in [0, 0.1) is 0 Å². The summed E-state index contributed by atoms with van der Waals surface area (Å²) in [6.07, 6.45) is 64.4. The van der Waals surface area contributed by atoms with Crippen molar-refractivity contribution in [3.8, 4) is 0 Å². The van der Waals surface area contributed by atoms with Gasteiger partial charge in [-0.05, 0) is 57.8 Å². The molecule has 0 aliphatic carbocycles.